The van der Waals surface area contributed by atoms with E-state index in [0.717, 1.165) is 39.8 Å². The van der Waals surface area contributed by atoms with Crippen molar-refractivity contribution in [1.82, 2.24) is 20.0 Å². The van der Waals surface area contributed by atoms with Gasteiger partial charge in [0, 0.05) is 19.2 Å². The van der Waals surface area contributed by atoms with Crippen molar-refractivity contribution in [2.24, 2.45) is 7.05 Å². The maximum absolute atomic E-state index is 12.4. The van der Waals surface area contributed by atoms with Gasteiger partial charge < -0.3 is 14.4 Å². The van der Waals surface area contributed by atoms with Crippen molar-refractivity contribution in [2.75, 3.05) is 12.3 Å². The van der Waals surface area contributed by atoms with E-state index in [4.69, 9.17) is 4.52 Å². The van der Waals surface area contributed by atoms with Gasteiger partial charge in [0.05, 0.1) is 22.5 Å². The molecule has 0 fully saturated rings. The molecular weight excluding hydrogens is 352 g/mol. The lowest BCUT2D eigenvalue weighted by Crippen LogP contribution is -2.28. The van der Waals surface area contributed by atoms with Gasteiger partial charge in [-0.15, -0.1) is 0 Å². The van der Waals surface area contributed by atoms with Gasteiger partial charge in [-0.1, -0.05) is 29.1 Å². The monoisotopic (exact) mass is 372 g/mol. The molecule has 136 valence electrons. The van der Waals surface area contributed by atoms with E-state index in [0.29, 0.717) is 18.0 Å². The SMILES string of the molecule is Cc1noc(C)c1CCNC(=O)CSc1nc2ccccc2n(C)c1=O. The van der Waals surface area contributed by atoms with E-state index >= 15 is 0 Å². The van der Waals surface area contributed by atoms with E-state index in [1.807, 2.05) is 38.1 Å². The molecule has 3 aromatic rings. The van der Waals surface area contributed by atoms with Gasteiger partial charge >= 0.3 is 0 Å². The normalized spacial score (nSPS) is 11.0. The Bertz CT molecular complexity index is 990. The Hall–Kier alpha value is -2.61. The lowest BCUT2D eigenvalue weighted by molar-refractivity contribution is -0.118. The molecule has 0 spiro atoms. The summed E-state index contributed by atoms with van der Waals surface area (Å²) in [6.45, 7) is 4.23. The Morgan fingerprint density at radius 2 is 2.08 bits per heavy atom. The van der Waals surface area contributed by atoms with Gasteiger partial charge in [-0.2, -0.15) is 0 Å². The largest absolute Gasteiger partial charge is 0.361 e. The zero-order valence-electron chi connectivity index (χ0n) is 14.9. The fourth-order valence-corrected chi connectivity index (χ4v) is 3.51. The second-order valence-electron chi connectivity index (χ2n) is 5.96. The number of para-hydroxylation sites is 2. The van der Waals surface area contributed by atoms with Crippen molar-refractivity contribution < 1.29 is 9.32 Å². The first kappa shape index (κ1) is 18.2. The number of amides is 1. The minimum atomic E-state index is -0.197. The average Bonchev–Trinajstić information content (AvgIpc) is 2.95. The van der Waals surface area contributed by atoms with Crippen LogP contribution < -0.4 is 10.9 Å². The highest BCUT2D eigenvalue weighted by molar-refractivity contribution is 7.99. The van der Waals surface area contributed by atoms with E-state index in [-0.39, 0.29) is 17.2 Å². The van der Waals surface area contributed by atoms with E-state index in [1.165, 1.54) is 0 Å². The van der Waals surface area contributed by atoms with E-state index in [1.54, 1.807) is 11.6 Å². The summed E-state index contributed by atoms with van der Waals surface area (Å²) in [5, 5.41) is 7.07. The maximum atomic E-state index is 12.4. The van der Waals surface area contributed by atoms with Crippen LogP contribution in [-0.2, 0) is 18.3 Å². The van der Waals surface area contributed by atoms with Crippen molar-refractivity contribution in [3.05, 3.63) is 51.6 Å². The predicted octanol–water partition coefficient (Wildman–Crippen LogP) is 1.99. The average molecular weight is 372 g/mol. The molecule has 0 aliphatic heterocycles. The van der Waals surface area contributed by atoms with Crippen molar-refractivity contribution in [3.63, 3.8) is 0 Å². The molecule has 0 radical (unpaired) electrons. The van der Waals surface area contributed by atoms with Gasteiger partial charge in [-0.25, -0.2) is 4.98 Å². The number of aromatic nitrogens is 3. The number of carbonyl (C=O) groups excluding carboxylic acids is 1. The van der Waals surface area contributed by atoms with Gasteiger partial charge in [-0.05, 0) is 32.4 Å². The quantitative estimate of drug-likeness (QED) is 0.666. The van der Waals surface area contributed by atoms with Crippen LogP contribution in [0.5, 0.6) is 0 Å². The van der Waals surface area contributed by atoms with E-state index in [2.05, 4.69) is 15.5 Å². The number of nitrogens with one attached hydrogen (secondary N) is 1. The van der Waals surface area contributed by atoms with E-state index < -0.39 is 0 Å². The Morgan fingerprint density at radius 3 is 2.81 bits per heavy atom. The van der Waals surface area contributed by atoms with Crippen molar-refractivity contribution in [1.29, 1.82) is 0 Å². The van der Waals surface area contributed by atoms with Gasteiger partial charge in [0.15, 0.2) is 5.03 Å². The molecule has 0 aliphatic carbocycles. The molecule has 2 heterocycles. The highest BCUT2D eigenvalue weighted by atomic mass is 32.2. The molecule has 0 unspecified atom stereocenters. The Labute approximate surface area is 154 Å². The fraction of sp³-hybridized carbons (Fsp3) is 0.333. The molecule has 1 aromatic carbocycles. The highest BCUT2D eigenvalue weighted by Crippen LogP contribution is 2.16. The van der Waals surface area contributed by atoms with Crippen LogP contribution in [0.15, 0.2) is 38.6 Å². The van der Waals surface area contributed by atoms with Crippen LogP contribution in [0.2, 0.25) is 0 Å². The van der Waals surface area contributed by atoms with Crippen molar-refractivity contribution in [3.8, 4) is 0 Å². The summed E-state index contributed by atoms with van der Waals surface area (Å²) in [7, 11) is 1.71. The minimum Gasteiger partial charge on any atom is -0.361 e. The Morgan fingerprint density at radius 1 is 1.31 bits per heavy atom. The maximum Gasteiger partial charge on any atom is 0.283 e. The number of hydrogen-bond donors (Lipinski definition) is 1. The lowest BCUT2D eigenvalue weighted by Gasteiger charge is -2.08. The van der Waals surface area contributed by atoms with Gasteiger partial charge in [-0.3, -0.25) is 9.59 Å². The first-order valence-electron chi connectivity index (χ1n) is 8.24. The smallest absolute Gasteiger partial charge is 0.283 e. The first-order valence-corrected chi connectivity index (χ1v) is 9.23. The van der Waals surface area contributed by atoms with Crippen LogP contribution in [0.3, 0.4) is 0 Å². The molecule has 1 amide bonds. The molecular formula is C18H20N4O3S. The van der Waals surface area contributed by atoms with Crippen LogP contribution in [0, 0.1) is 13.8 Å². The molecule has 3 rings (SSSR count). The first-order chi connectivity index (χ1) is 12.5. The van der Waals surface area contributed by atoms with Crippen LogP contribution in [0.25, 0.3) is 11.0 Å². The summed E-state index contributed by atoms with van der Waals surface area (Å²) in [6.07, 6.45) is 0.660. The predicted molar refractivity (Wildman–Crippen MR) is 100 cm³/mol. The molecule has 26 heavy (non-hydrogen) atoms. The number of thioether (sulfide) groups is 1. The summed E-state index contributed by atoms with van der Waals surface area (Å²) in [5.41, 5.74) is 3.16. The van der Waals surface area contributed by atoms with Crippen molar-refractivity contribution >= 4 is 28.7 Å². The molecule has 8 heteroatoms. The van der Waals surface area contributed by atoms with Crippen LogP contribution >= 0.6 is 11.8 Å². The van der Waals surface area contributed by atoms with Gasteiger partial charge in [0.2, 0.25) is 5.91 Å². The number of fused-ring (bicyclic) bond motifs is 1. The summed E-state index contributed by atoms with van der Waals surface area (Å²) in [4.78, 5) is 28.8. The van der Waals surface area contributed by atoms with Crippen LogP contribution in [-0.4, -0.2) is 32.9 Å². The van der Waals surface area contributed by atoms with Gasteiger partial charge in [0.1, 0.15) is 5.76 Å². The summed E-state index contributed by atoms with van der Waals surface area (Å²) in [6, 6.07) is 7.43. The van der Waals surface area contributed by atoms with Gasteiger partial charge in [0.25, 0.3) is 5.56 Å². The number of rotatable bonds is 6. The standard InChI is InChI=1S/C18H20N4O3S/c1-11-13(12(2)25-21-11)8-9-19-16(23)10-26-17-18(24)22(3)15-7-5-4-6-14(15)20-17/h4-7H,8-10H2,1-3H3,(H,19,23). The van der Waals surface area contributed by atoms with Crippen LogP contribution in [0.4, 0.5) is 0 Å². The summed E-state index contributed by atoms with van der Waals surface area (Å²) >= 11 is 1.15. The Kier molecular flexibility index (Phi) is 5.41. The molecule has 0 saturated carbocycles. The third-order valence-electron chi connectivity index (χ3n) is 4.17. The zero-order chi connectivity index (χ0) is 18.7. The molecule has 0 bridgehead atoms. The molecule has 1 N–H and O–H groups in total. The number of benzene rings is 1. The lowest BCUT2D eigenvalue weighted by atomic mass is 10.1. The fourth-order valence-electron chi connectivity index (χ4n) is 2.72. The number of nitrogens with zero attached hydrogens (tertiary/aromatic N) is 3. The molecule has 0 aliphatic rings. The topological polar surface area (TPSA) is 90.0 Å². The number of hydrogen-bond acceptors (Lipinski definition) is 6. The molecule has 2 aromatic heterocycles. The zero-order valence-corrected chi connectivity index (χ0v) is 15.7. The van der Waals surface area contributed by atoms with E-state index in [9.17, 15) is 9.59 Å². The minimum absolute atomic E-state index is 0.140. The summed E-state index contributed by atoms with van der Waals surface area (Å²) in [5.74, 6) is 0.774. The summed E-state index contributed by atoms with van der Waals surface area (Å²) < 4.78 is 6.66. The third-order valence-corrected chi connectivity index (χ3v) is 5.12. The number of carbonyl (C=O) groups is 1. The van der Waals surface area contributed by atoms with Crippen LogP contribution in [0.1, 0.15) is 17.0 Å². The number of aryl methyl sites for hydroxylation is 3. The second kappa shape index (κ2) is 7.74. The third kappa shape index (κ3) is 3.80. The van der Waals surface area contributed by atoms with Crippen molar-refractivity contribution in [2.45, 2.75) is 25.3 Å². The second-order valence-corrected chi connectivity index (χ2v) is 6.93. The molecule has 0 atom stereocenters. The highest BCUT2D eigenvalue weighted by Gasteiger charge is 2.12. The Balaban J connectivity index is 1.59. The molecule has 0 saturated heterocycles. The molecule has 7 nitrogen and oxygen atoms in total.